The average Bonchev–Trinajstić information content (AvgIpc) is 3.16. The number of ether oxygens (including phenoxy) is 7. The first-order valence-electron chi connectivity index (χ1n) is 17.7. The number of carbonyl (C=O) groups is 3. The van der Waals surface area contributed by atoms with Gasteiger partial charge in [0.2, 0.25) is 11.8 Å². The number of aliphatic carboxylic acids is 1. The Bertz CT molecular complexity index is 1350. The highest BCUT2D eigenvalue weighted by atomic mass is 16.8. The molecule has 57 heavy (non-hydrogen) atoms. The summed E-state index contributed by atoms with van der Waals surface area (Å²) in [5.41, 5.74) is 0. The zero-order chi connectivity index (χ0) is 42.7. The van der Waals surface area contributed by atoms with Crippen molar-refractivity contribution in [1.82, 2.24) is 10.6 Å². The van der Waals surface area contributed by atoms with Gasteiger partial charge in [-0.15, -0.1) is 0 Å². The van der Waals surface area contributed by atoms with E-state index in [2.05, 4.69) is 10.6 Å². The summed E-state index contributed by atoms with van der Waals surface area (Å²) in [5.74, 6) is -6.80. The smallest absolute Gasteiger partial charge is 0.364 e. The number of nitrogens with one attached hydrogen (secondary N) is 2. The Labute approximate surface area is 322 Å². The highest BCUT2D eigenvalue weighted by Gasteiger charge is 2.60. The van der Waals surface area contributed by atoms with Gasteiger partial charge in [0.05, 0.1) is 38.6 Å². The fraction of sp³-hybridized carbons (Fsp3) is 0.903. The van der Waals surface area contributed by atoms with Crippen LogP contribution in [0.2, 0.25) is 0 Å². The van der Waals surface area contributed by atoms with Crippen LogP contribution in [0.5, 0.6) is 0 Å². The van der Waals surface area contributed by atoms with Crippen molar-refractivity contribution in [2.24, 2.45) is 0 Å². The second kappa shape index (κ2) is 19.8. The molecule has 0 aromatic rings. The van der Waals surface area contributed by atoms with E-state index in [9.17, 15) is 85.9 Å². The van der Waals surface area contributed by atoms with E-state index < -0.39 is 179 Å². The lowest BCUT2D eigenvalue weighted by molar-refractivity contribution is -0.381. The number of carboxylic acids is 1. The molecule has 4 saturated heterocycles. The Morgan fingerprint density at radius 2 is 1.19 bits per heavy atom. The number of hydrogen-bond acceptors (Lipinski definition) is 23. The van der Waals surface area contributed by atoms with Crippen molar-refractivity contribution >= 4 is 17.8 Å². The summed E-state index contributed by atoms with van der Waals surface area (Å²) in [7, 11) is 0. The van der Waals surface area contributed by atoms with Crippen molar-refractivity contribution in [3.8, 4) is 0 Å². The standard InChI is InChI=1S/C31H52N2O24/c1-8(38)32-15-10(40)3-31(30(49)50,56-25(15)17(42)11(41)4-34)57-26-16(33-9(2)39)28(52-12(5-35)18(26)43)54-24-14(7-37)53-29(22(47)20(24)45)55-23-13(6-36)51-27(48)21(46)19(23)44/h10-29,34-37,40-48H,3-7H2,1-2H3,(H,32,38)(H,33,39)(H,49,50)/t10-,11+,12+,13+,14+,15+,16+,17+,18-,19+,20+,21+,22+,23+,24-,25+,26+,27+,28-,29-,31-/m0/s1. The van der Waals surface area contributed by atoms with E-state index in [1.54, 1.807) is 0 Å². The van der Waals surface area contributed by atoms with Gasteiger partial charge in [0, 0.05) is 20.3 Å². The Morgan fingerprint density at radius 1 is 0.684 bits per heavy atom. The Hall–Kier alpha value is -2.39. The van der Waals surface area contributed by atoms with Crippen molar-refractivity contribution in [3.05, 3.63) is 0 Å². The number of carbonyl (C=O) groups excluding carboxylic acids is 2. The molecule has 0 aromatic carbocycles. The maximum atomic E-state index is 12.9. The van der Waals surface area contributed by atoms with E-state index in [1.807, 2.05) is 0 Å². The zero-order valence-electron chi connectivity index (χ0n) is 30.4. The molecule has 0 aromatic heterocycles. The molecule has 0 bridgehead atoms. The lowest BCUT2D eigenvalue weighted by atomic mass is 9.88. The molecule has 330 valence electrons. The minimum atomic E-state index is -3.11. The van der Waals surface area contributed by atoms with Gasteiger partial charge in [0.15, 0.2) is 18.9 Å². The molecular weight excluding hydrogens is 784 g/mol. The normalized spacial score (nSPS) is 45.1. The van der Waals surface area contributed by atoms with E-state index in [0.29, 0.717) is 0 Å². The first-order chi connectivity index (χ1) is 26.7. The molecule has 4 fully saturated rings. The maximum absolute atomic E-state index is 12.9. The van der Waals surface area contributed by atoms with Crippen LogP contribution in [0.3, 0.4) is 0 Å². The number of hydrogen-bond donors (Lipinski definition) is 16. The maximum Gasteiger partial charge on any atom is 0.364 e. The van der Waals surface area contributed by atoms with Crippen LogP contribution in [0.25, 0.3) is 0 Å². The first-order valence-corrected chi connectivity index (χ1v) is 17.7. The molecule has 0 spiro atoms. The summed E-state index contributed by atoms with van der Waals surface area (Å²) in [5, 5.41) is 151. The Balaban J connectivity index is 1.66. The fourth-order valence-corrected chi connectivity index (χ4v) is 7.06. The SMILES string of the molecule is CC(=O)N[C@H]1[C@H](O[C@@H]2[C@H](O)[C@@H](O)[C@H](O[C@H]3[C@H](O)[C@@H](O)[C@H](O)O[C@@H]3CO)O[C@@H]2CO)O[C@H](CO)[C@H](O)[C@@H]1O[C@]1(C(=O)O)C[C@H](O)[C@@H](NC(C)=O)[C@H]([C@H](O)[C@H](O)CO)O1. The average molecular weight is 837 g/mol. The molecule has 26 nitrogen and oxygen atoms in total. The van der Waals surface area contributed by atoms with E-state index in [0.717, 1.165) is 13.8 Å². The lowest BCUT2D eigenvalue weighted by Crippen LogP contribution is -2.72. The highest BCUT2D eigenvalue weighted by molar-refractivity contribution is 5.77. The molecule has 0 saturated carbocycles. The minimum absolute atomic E-state index is 0.787. The summed E-state index contributed by atoms with van der Waals surface area (Å²) in [6.07, 6.45) is -35.9. The van der Waals surface area contributed by atoms with Crippen LogP contribution in [-0.4, -0.2) is 244 Å². The zero-order valence-corrected chi connectivity index (χ0v) is 30.4. The van der Waals surface area contributed by atoms with Crippen molar-refractivity contribution in [1.29, 1.82) is 0 Å². The number of amides is 2. The predicted molar refractivity (Wildman–Crippen MR) is 174 cm³/mol. The van der Waals surface area contributed by atoms with E-state index in [-0.39, 0.29) is 0 Å². The largest absolute Gasteiger partial charge is 0.477 e. The van der Waals surface area contributed by atoms with Crippen LogP contribution < -0.4 is 10.6 Å². The molecule has 4 rings (SSSR count). The van der Waals surface area contributed by atoms with E-state index in [1.165, 1.54) is 0 Å². The molecule has 4 aliphatic rings. The monoisotopic (exact) mass is 836 g/mol. The van der Waals surface area contributed by atoms with Gasteiger partial charge in [-0.1, -0.05) is 0 Å². The fourth-order valence-electron chi connectivity index (χ4n) is 7.06. The van der Waals surface area contributed by atoms with Gasteiger partial charge in [-0.05, 0) is 0 Å². The van der Waals surface area contributed by atoms with Crippen LogP contribution in [0, 0.1) is 0 Å². The Morgan fingerprint density at radius 3 is 1.72 bits per heavy atom. The third-order valence-electron chi connectivity index (χ3n) is 9.98. The molecule has 21 atom stereocenters. The van der Waals surface area contributed by atoms with E-state index >= 15 is 0 Å². The van der Waals surface area contributed by atoms with Gasteiger partial charge in [-0.2, -0.15) is 0 Å². The third-order valence-corrected chi connectivity index (χ3v) is 9.98. The van der Waals surface area contributed by atoms with Crippen molar-refractivity contribution in [3.63, 3.8) is 0 Å². The topological polar surface area (TPSA) is 423 Å². The quantitative estimate of drug-likeness (QED) is 0.0728. The predicted octanol–water partition coefficient (Wildman–Crippen LogP) is -10.3. The van der Waals surface area contributed by atoms with Crippen LogP contribution >= 0.6 is 0 Å². The van der Waals surface area contributed by atoms with Crippen LogP contribution in [0.4, 0.5) is 0 Å². The summed E-state index contributed by atoms with van der Waals surface area (Å²) in [4.78, 5) is 37.4. The second-order valence-electron chi connectivity index (χ2n) is 14.0. The lowest BCUT2D eigenvalue weighted by Gasteiger charge is -2.51. The minimum Gasteiger partial charge on any atom is -0.477 e. The third kappa shape index (κ3) is 10.2. The molecule has 0 radical (unpaired) electrons. The van der Waals surface area contributed by atoms with Crippen molar-refractivity contribution < 1.29 is 119 Å². The summed E-state index contributed by atoms with van der Waals surface area (Å²) in [6.45, 7) is -2.04. The summed E-state index contributed by atoms with van der Waals surface area (Å²) in [6, 6.07) is -3.47. The van der Waals surface area contributed by atoms with Gasteiger partial charge >= 0.3 is 5.97 Å². The molecular formula is C31H52N2O24. The molecule has 4 heterocycles. The second-order valence-corrected chi connectivity index (χ2v) is 14.0. The van der Waals surface area contributed by atoms with Crippen LogP contribution in [0.1, 0.15) is 20.3 Å². The highest BCUT2D eigenvalue weighted by Crippen LogP contribution is 2.39. The molecule has 26 heteroatoms. The number of aliphatic hydroxyl groups is 13. The summed E-state index contributed by atoms with van der Waals surface area (Å²) < 4.78 is 39.1. The van der Waals surface area contributed by atoms with Crippen molar-refractivity contribution in [2.45, 2.75) is 149 Å². The van der Waals surface area contributed by atoms with Gasteiger partial charge < -0.3 is 115 Å². The molecule has 4 aliphatic heterocycles. The van der Waals surface area contributed by atoms with Gasteiger partial charge in [-0.3, -0.25) is 9.59 Å². The van der Waals surface area contributed by atoms with Crippen molar-refractivity contribution in [2.75, 3.05) is 26.4 Å². The number of carboxylic acid groups (broad SMARTS) is 1. The van der Waals surface area contributed by atoms with Gasteiger partial charge in [0.25, 0.3) is 5.79 Å². The number of aliphatic hydroxyl groups excluding tert-OH is 13. The molecule has 0 unspecified atom stereocenters. The molecule has 2 amide bonds. The van der Waals surface area contributed by atoms with E-state index in [4.69, 9.17) is 33.2 Å². The first kappa shape index (κ1) is 47.3. The molecule has 0 aliphatic carbocycles. The Kier molecular flexibility index (Phi) is 16.4. The van der Waals surface area contributed by atoms with Gasteiger partial charge in [0.1, 0.15) is 91.5 Å². The van der Waals surface area contributed by atoms with Crippen LogP contribution in [-0.2, 0) is 47.5 Å². The van der Waals surface area contributed by atoms with Crippen LogP contribution in [0.15, 0.2) is 0 Å². The molecule has 16 N–H and O–H groups in total. The number of rotatable bonds is 15. The van der Waals surface area contributed by atoms with Gasteiger partial charge in [-0.25, -0.2) is 4.79 Å². The summed E-state index contributed by atoms with van der Waals surface area (Å²) >= 11 is 0.